The van der Waals surface area contributed by atoms with E-state index >= 15 is 0 Å². The number of urea groups is 1. The van der Waals surface area contributed by atoms with Gasteiger partial charge in [0.25, 0.3) is 0 Å². The fraction of sp³-hybridized carbons (Fsp3) is 0.429. The lowest BCUT2D eigenvalue weighted by atomic mass is 9.88. The van der Waals surface area contributed by atoms with Crippen molar-refractivity contribution in [3.63, 3.8) is 0 Å². The first kappa shape index (κ1) is 14.3. The molecule has 2 rings (SSSR count). The lowest BCUT2D eigenvalue weighted by Crippen LogP contribution is -2.51. The highest BCUT2D eigenvalue weighted by molar-refractivity contribution is 5.82. The lowest BCUT2D eigenvalue weighted by Gasteiger charge is -2.26. The summed E-state index contributed by atoms with van der Waals surface area (Å²) in [5, 5.41) is 22.6. The summed E-state index contributed by atoms with van der Waals surface area (Å²) in [5.41, 5.74) is 2.51. The van der Waals surface area contributed by atoms with Crippen LogP contribution in [0.5, 0.6) is 0 Å². The Hall–Kier alpha value is -2.08. The van der Waals surface area contributed by atoms with Crippen molar-refractivity contribution in [3.05, 3.63) is 35.4 Å². The summed E-state index contributed by atoms with van der Waals surface area (Å²) in [6.45, 7) is -0.629. The number of carboxylic acids is 1. The topological polar surface area (TPSA) is 98.7 Å². The zero-order valence-corrected chi connectivity index (χ0v) is 11.0. The number of nitrogens with one attached hydrogen (secondary N) is 2. The van der Waals surface area contributed by atoms with Gasteiger partial charge in [-0.05, 0) is 30.4 Å². The van der Waals surface area contributed by atoms with Crippen LogP contribution in [-0.2, 0) is 17.6 Å². The van der Waals surface area contributed by atoms with Crippen LogP contribution in [-0.4, -0.2) is 40.9 Å². The van der Waals surface area contributed by atoms with E-state index in [2.05, 4.69) is 16.7 Å². The molecule has 0 heterocycles. The third-order valence-electron chi connectivity index (χ3n) is 3.47. The van der Waals surface area contributed by atoms with E-state index in [4.69, 9.17) is 10.2 Å². The number of hydrogen-bond acceptors (Lipinski definition) is 3. The highest BCUT2D eigenvalue weighted by Crippen LogP contribution is 2.20. The Labute approximate surface area is 116 Å². The van der Waals surface area contributed by atoms with Crippen LogP contribution in [0.25, 0.3) is 0 Å². The van der Waals surface area contributed by atoms with Gasteiger partial charge in [-0.2, -0.15) is 0 Å². The van der Waals surface area contributed by atoms with Crippen molar-refractivity contribution >= 4 is 12.0 Å². The molecule has 6 heteroatoms. The van der Waals surface area contributed by atoms with Crippen molar-refractivity contribution in [2.45, 2.75) is 31.3 Å². The number of carbonyl (C=O) groups is 2. The summed E-state index contributed by atoms with van der Waals surface area (Å²) < 4.78 is 0. The number of hydrogen-bond donors (Lipinski definition) is 4. The normalized spacial score (nSPS) is 18.8. The van der Waals surface area contributed by atoms with Gasteiger partial charge in [-0.3, -0.25) is 0 Å². The molecule has 0 aliphatic heterocycles. The van der Waals surface area contributed by atoms with Crippen LogP contribution >= 0.6 is 0 Å². The van der Waals surface area contributed by atoms with Crippen molar-refractivity contribution in [3.8, 4) is 0 Å². The lowest BCUT2D eigenvalue weighted by molar-refractivity contribution is -0.140. The van der Waals surface area contributed by atoms with Crippen LogP contribution in [0.15, 0.2) is 24.3 Å². The molecule has 108 valence electrons. The van der Waals surface area contributed by atoms with E-state index in [1.165, 1.54) is 11.1 Å². The minimum atomic E-state index is -1.27. The number of aliphatic hydroxyl groups is 1. The molecule has 0 saturated heterocycles. The second kappa shape index (κ2) is 6.38. The molecular formula is C14H18N2O4. The van der Waals surface area contributed by atoms with E-state index in [1.54, 1.807) is 0 Å². The Kier molecular flexibility index (Phi) is 4.57. The Morgan fingerprint density at radius 1 is 1.30 bits per heavy atom. The predicted molar refractivity (Wildman–Crippen MR) is 72.4 cm³/mol. The minimum absolute atomic E-state index is 0.0157. The summed E-state index contributed by atoms with van der Waals surface area (Å²) in [7, 11) is 0. The maximum absolute atomic E-state index is 11.7. The molecule has 2 amide bonds. The SMILES string of the molecule is O=C(NC1CCc2ccccc2C1)N[C@H](CO)C(=O)O. The third-order valence-corrected chi connectivity index (χ3v) is 3.47. The largest absolute Gasteiger partial charge is 0.480 e. The molecule has 6 nitrogen and oxygen atoms in total. The summed E-state index contributed by atoms with van der Waals surface area (Å²) in [6, 6.07) is 6.23. The molecule has 0 bridgehead atoms. The van der Waals surface area contributed by atoms with Gasteiger partial charge < -0.3 is 20.8 Å². The second-order valence-corrected chi connectivity index (χ2v) is 4.90. The van der Waals surface area contributed by atoms with Crippen LogP contribution in [0, 0.1) is 0 Å². The van der Waals surface area contributed by atoms with E-state index < -0.39 is 24.6 Å². The first-order chi connectivity index (χ1) is 9.60. The minimum Gasteiger partial charge on any atom is -0.480 e. The number of aliphatic hydroxyl groups excluding tert-OH is 1. The highest BCUT2D eigenvalue weighted by atomic mass is 16.4. The van der Waals surface area contributed by atoms with Gasteiger partial charge in [0.05, 0.1) is 6.61 Å². The van der Waals surface area contributed by atoms with E-state index in [0.29, 0.717) is 0 Å². The van der Waals surface area contributed by atoms with Crippen molar-refractivity contribution < 1.29 is 19.8 Å². The molecular weight excluding hydrogens is 260 g/mol. The molecule has 1 aliphatic carbocycles. The van der Waals surface area contributed by atoms with Crippen molar-refractivity contribution in [2.75, 3.05) is 6.61 Å². The van der Waals surface area contributed by atoms with Crippen LogP contribution in [0.2, 0.25) is 0 Å². The average molecular weight is 278 g/mol. The molecule has 1 unspecified atom stereocenters. The predicted octanol–water partition coefficient (Wildman–Crippen LogP) is 0.289. The third kappa shape index (κ3) is 3.48. The molecule has 1 aromatic carbocycles. The van der Waals surface area contributed by atoms with Gasteiger partial charge in [0.1, 0.15) is 0 Å². The Balaban J connectivity index is 1.89. The number of carboxylic acid groups (broad SMARTS) is 1. The van der Waals surface area contributed by atoms with Gasteiger partial charge in [0.15, 0.2) is 6.04 Å². The van der Waals surface area contributed by atoms with Gasteiger partial charge in [-0.15, -0.1) is 0 Å². The van der Waals surface area contributed by atoms with Crippen molar-refractivity contribution in [2.24, 2.45) is 0 Å². The first-order valence-corrected chi connectivity index (χ1v) is 6.57. The van der Waals surface area contributed by atoms with E-state index in [1.807, 2.05) is 18.2 Å². The Bertz CT molecular complexity index is 504. The standard InChI is InChI=1S/C14H18N2O4/c17-8-12(13(18)19)16-14(20)15-11-6-5-9-3-1-2-4-10(9)7-11/h1-4,11-12,17H,5-8H2,(H,18,19)(H2,15,16,20)/t11?,12-/m1/s1. The number of aliphatic carboxylic acids is 1. The number of carbonyl (C=O) groups excluding carboxylic acids is 1. The quantitative estimate of drug-likeness (QED) is 0.636. The molecule has 4 N–H and O–H groups in total. The molecule has 2 atom stereocenters. The van der Waals surface area contributed by atoms with Crippen molar-refractivity contribution in [1.29, 1.82) is 0 Å². The maximum Gasteiger partial charge on any atom is 0.328 e. The van der Waals surface area contributed by atoms with Crippen molar-refractivity contribution in [1.82, 2.24) is 10.6 Å². The Morgan fingerprint density at radius 3 is 2.65 bits per heavy atom. The molecule has 20 heavy (non-hydrogen) atoms. The smallest absolute Gasteiger partial charge is 0.328 e. The summed E-state index contributed by atoms with van der Waals surface area (Å²) in [4.78, 5) is 22.4. The van der Waals surface area contributed by atoms with E-state index in [9.17, 15) is 9.59 Å². The molecule has 0 saturated carbocycles. The first-order valence-electron chi connectivity index (χ1n) is 6.57. The molecule has 0 radical (unpaired) electrons. The maximum atomic E-state index is 11.7. The zero-order valence-electron chi connectivity index (χ0n) is 11.0. The van der Waals surface area contributed by atoms with Crippen LogP contribution < -0.4 is 10.6 Å². The Morgan fingerprint density at radius 2 is 2.00 bits per heavy atom. The van der Waals surface area contributed by atoms with Gasteiger partial charge >= 0.3 is 12.0 Å². The number of amides is 2. The fourth-order valence-corrected chi connectivity index (χ4v) is 2.39. The number of fused-ring (bicyclic) bond motifs is 1. The van der Waals surface area contributed by atoms with E-state index in [0.717, 1.165) is 19.3 Å². The van der Waals surface area contributed by atoms with Gasteiger partial charge in [0.2, 0.25) is 0 Å². The van der Waals surface area contributed by atoms with Gasteiger partial charge in [-0.25, -0.2) is 9.59 Å². The van der Waals surface area contributed by atoms with Gasteiger partial charge in [-0.1, -0.05) is 24.3 Å². The summed E-state index contributed by atoms with van der Waals surface area (Å²) in [5.74, 6) is -1.25. The molecule has 0 spiro atoms. The van der Waals surface area contributed by atoms with Crippen LogP contribution in [0.4, 0.5) is 4.79 Å². The number of aryl methyl sites for hydroxylation is 1. The monoisotopic (exact) mass is 278 g/mol. The zero-order chi connectivity index (χ0) is 14.5. The molecule has 1 aliphatic rings. The fourth-order valence-electron chi connectivity index (χ4n) is 2.39. The summed E-state index contributed by atoms with van der Waals surface area (Å²) in [6.07, 6.45) is 2.45. The molecule has 0 fully saturated rings. The van der Waals surface area contributed by atoms with Crippen LogP contribution in [0.3, 0.4) is 0 Å². The summed E-state index contributed by atoms with van der Waals surface area (Å²) >= 11 is 0. The van der Waals surface area contributed by atoms with Crippen LogP contribution in [0.1, 0.15) is 17.5 Å². The second-order valence-electron chi connectivity index (χ2n) is 4.90. The number of benzene rings is 1. The molecule has 0 aromatic heterocycles. The van der Waals surface area contributed by atoms with Gasteiger partial charge in [0, 0.05) is 6.04 Å². The number of rotatable bonds is 4. The molecule has 1 aromatic rings. The average Bonchev–Trinajstić information content (AvgIpc) is 2.44. The van der Waals surface area contributed by atoms with E-state index in [-0.39, 0.29) is 6.04 Å². The highest BCUT2D eigenvalue weighted by Gasteiger charge is 2.23.